The van der Waals surface area contributed by atoms with Crippen LogP contribution < -0.4 is 15.4 Å². The van der Waals surface area contributed by atoms with Crippen molar-refractivity contribution in [3.63, 3.8) is 0 Å². The smallest absolute Gasteiger partial charge is 0.329 e. The number of nitrogens with one attached hydrogen (secondary N) is 2. The summed E-state index contributed by atoms with van der Waals surface area (Å²) < 4.78 is 5.30. The van der Waals surface area contributed by atoms with Crippen LogP contribution >= 0.6 is 0 Å². The molecular formula is C17H22N2O5. The Morgan fingerprint density at radius 3 is 2.33 bits per heavy atom. The maximum absolute atomic E-state index is 12.0. The van der Waals surface area contributed by atoms with Crippen LogP contribution in [0.5, 0.6) is 5.75 Å². The number of carbonyl (C=O) groups excluding carboxylic acids is 2. The first kappa shape index (κ1) is 17.8. The predicted molar refractivity (Wildman–Crippen MR) is 86.9 cm³/mol. The van der Waals surface area contributed by atoms with Crippen LogP contribution in [-0.2, 0) is 9.59 Å². The zero-order valence-corrected chi connectivity index (χ0v) is 13.6. The number of benzene rings is 1. The van der Waals surface area contributed by atoms with Crippen molar-refractivity contribution in [3.05, 3.63) is 29.8 Å². The minimum atomic E-state index is -1.19. The lowest BCUT2D eigenvalue weighted by molar-refractivity contribution is -0.147. The van der Waals surface area contributed by atoms with Crippen LogP contribution in [0.25, 0.3) is 0 Å². The fraction of sp³-hybridized carbons (Fsp3) is 0.471. The van der Waals surface area contributed by atoms with Crippen molar-refractivity contribution in [2.45, 2.75) is 38.1 Å². The number of carbonyl (C=O) groups is 3. The molecule has 130 valence electrons. The van der Waals surface area contributed by atoms with Gasteiger partial charge in [-0.15, -0.1) is 0 Å². The highest BCUT2D eigenvalue weighted by Gasteiger charge is 2.42. The molecule has 1 saturated carbocycles. The highest BCUT2D eigenvalue weighted by atomic mass is 16.5. The molecule has 7 nitrogen and oxygen atoms in total. The first-order valence-corrected chi connectivity index (χ1v) is 8.02. The Balaban J connectivity index is 1.86. The lowest BCUT2D eigenvalue weighted by atomic mass is 9.98. The van der Waals surface area contributed by atoms with Gasteiger partial charge in [0.05, 0.1) is 13.2 Å². The third kappa shape index (κ3) is 4.24. The molecule has 0 spiro atoms. The predicted octanol–water partition coefficient (Wildman–Crippen LogP) is 1.33. The summed E-state index contributed by atoms with van der Waals surface area (Å²) in [5, 5.41) is 14.4. The van der Waals surface area contributed by atoms with E-state index in [4.69, 9.17) is 4.74 Å². The molecule has 1 aliphatic carbocycles. The Labute approximate surface area is 140 Å². The van der Waals surface area contributed by atoms with Gasteiger partial charge < -0.3 is 20.5 Å². The molecule has 0 aliphatic heterocycles. The van der Waals surface area contributed by atoms with E-state index in [1.54, 1.807) is 24.3 Å². The van der Waals surface area contributed by atoms with Gasteiger partial charge in [-0.3, -0.25) is 9.59 Å². The molecule has 0 unspecified atom stereocenters. The Morgan fingerprint density at radius 1 is 1.17 bits per heavy atom. The number of aliphatic carboxylic acids is 1. The molecule has 0 aromatic heterocycles. The molecule has 24 heavy (non-hydrogen) atoms. The van der Waals surface area contributed by atoms with E-state index in [9.17, 15) is 19.5 Å². The van der Waals surface area contributed by atoms with Gasteiger partial charge in [-0.05, 0) is 44.0 Å². The largest absolute Gasteiger partial charge is 0.494 e. The van der Waals surface area contributed by atoms with E-state index in [1.807, 2.05) is 6.92 Å². The van der Waals surface area contributed by atoms with Crippen molar-refractivity contribution in [1.29, 1.82) is 0 Å². The Morgan fingerprint density at radius 2 is 1.79 bits per heavy atom. The lowest BCUT2D eigenvalue weighted by Crippen LogP contribution is -2.54. The summed E-state index contributed by atoms with van der Waals surface area (Å²) in [5.41, 5.74) is -0.791. The zero-order chi connectivity index (χ0) is 17.6. The van der Waals surface area contributed by atoms with Gasteiger partial charge in [0, 0.05) is 5.56 Å². The van der Waals surface area contributed by atoms with Crippen molar-refractivity contribution in [2.75, 3.05) is 13.2 Å². The molecule has 0 radical (unpaired) electrons. The van der Waals surface area contributed by atoms with Gasteiger partial charge in [0.25, 0.3) is 5.91 Å². The molecule has 0 atom stereocenters. The van der Waals surface area contributed by atoms with E-state index in [0.29, 0.717) is 30.8 Å². The summed E-state index contributed by atoms with van der Waals surface area (Å²) in [6.45, 7) is 2.14. The van der Waals surface area contributed by atoms with E-state index in [1.165, 1.54) is 0 Å². The minimum Gasteiger partial charge on any atom is -0.494 e. The third-order valence-corrected chi connectivity index (χ3v) is 4.08. The van der Waals surface area contributed by atoms with Gasteiger partial charge >= 0.3 is 5.97 Å². The summed E-state index contributed by atoms with van der Waals surface area (Å²) >= 11 is 0. The molecule has 1 aromatic rings. The van der Waals surface area contributed by atoms with Gasteiger partial charge in [-0.2, -0.15) is 0 Å². The first-order valence-electron chi connectivity index (χ1n) is 8.02. The number of carboxylic acids is 1. The molecule has 0 heterocycles. The topological polar surface area (TPSA) is 105 Å². The SMILES string of the molecule is CCOc1ccc(C(=O)NCC(=O)NC2(C(=O)O)CCCC2)cc1. The van der Waals surface area contributed by atoms with Crippen LogP contribution in [0.4, 0.5) is 0 Å². The molecule has 7 heteroatoms. The van der Waals surface area contributed by atoms with Crippen LogP contribution in [0.2, 0.25) is 0 Å². The van der Waals surface area contributed by atoms with E-state index >= 15 is 0 Å². The van der Waals surface area contributed by atoms with Gasteiger partial charge in [0.1, 0.15) is 11.3 Å². The molecule has 0 saturated heterocycles. The Bertz CT molecular complexity index is 606. The maximum Gasteiger partial charge on any atom is 0.329 e. The minimum absolute atomic E-state index is 0.263. The molecule has 1 fully saturated rings. The van der Waals surface area contributed by atoms with Crippen LogP contribution in [0.3, 0.4) is 0 Å². The van der Waals surface area contributed by atoms with Crippen LogP contribution in [0, 0.1) is 0 Å². The second-order valence-corrected chi connectivity index (χ2v) is 5.78. The highest BCUT2D eigenvalue weighted by molar-refractivity contribution is 5.97. The molecule has 1 aliphatic rings. The van der Waals surface area contributed by atoms with Crippen LogP contribution in [0.15, 0.2) is 24.3 Å². The number of hydrogen-bond acceptors (Lipinski definition) is 4. The Hall–Kier alpha value is -2.57. The highest BCUT2D eigenvalue weighted by Crippen LogP contribution is 2.29. The van der Waals surface area contributed by atoms with E-state index in [-0.39, 0.29) is 6.54 Å². The summed E-state index contributed by atoms with van der Waals surface area (Å²) in [5.74, 6) is -1.26. The van der Waals surface area contributed by atoms with Crippen molar-refractivity contribution in [2.24, 2.45) is 0 Å². The van der Waals surface area contributed by atoms with Gasteiger partial charge in [-0.1, -0.05) is 12.8 Å². The second-order valence-electron chi connectivity index (χ2n) is 5.78. The fourth-order valence-corrected chi connectivity index (χ4v) is 2.81. The lowest BCUT2D eigenvalue weighted by Gasteiger charge is -2.25. The number of amides is 2. The summed E-state index contributed by atoms with van der Waals surface area (Å²) in [7, 11) is 0. The van der Waals surface area contributed by atoms with Gasteiger partial charge in [-0.25, -0.2) is 4.79 Å². The Kier molecular flexibility index (Phi) is 5.78. The standard InChI is InChI=1S/C17H22N2O5/c1-2-24-13-7-5-12(6-8-13)15(21)18-11-14(20)19-17(16(22)23)9-3-4-10-17/h5-8H,2-4,9-11H2,1H3,(H,18,21)(H,19,20)(H,22,23). The van der Waals surface area contributed by atoms with Gasteiger partial charge in [0.2, 0.25) is 5.91 Å². The van der Waals surface area contributed by atoms with Crippen LogP contribution in [0.1, 0.15) is 43.0 Å². The molecule has 3 N–H and O–H groups in total. The third-order valence-electron chi connectivity index (χ3n) is 4.08. The van der Waals surface area contributed by atoms with Crippen molar-refractivity contribution in [3.8, 4) is 5.75 Å². The molecular weight excluding hydrogens is 312 g/mol. The number of carboxylic acid groups (broad SMARTS) is 1. The average Bonchev–Trinajstić information content (AvgIpc) is 3.03. The normalized spacial score (nSPS) is 15.5. The maximum atomic E-state index is 12.0. The zero-order valence-electron chi connectivity index (χ0n) is 13.6. The summed E-state index contributed by atoms with van der Waals surface area (Å²) in [6.07, 6.45) is 2.37. The quantitative estimate of drug-likeness (QED) is 0.698. The summed E-state index contributed by atoms with van der Waals surface area (Å²) in [6, 6.07) is 6.56. The number of ether oxygens (including phenoxy) is 1. The van der Waals surface area contributed by atoms with Gasteiger partial charge in [0.15, 0.2) is 0 Å². The number of hydrogen-bond donors (Lipinski definition) is 3. The van der Waals surface area contributed by atoms with Crippen molar-refractivity contribution in [1.82, 2.24) is 10.6 Å². The van der Waals surface area contributed by atoms with E-state index in [0.717, 1.165) is 12.8 Å². The molecule has 0 bridgehead atoms. The fourth-order valence-electron chi connectivity index (χ4n) is 2.81. The van der Waals surface area contributed by atoms with Crippen molar-refractivity contribution >= 4 is 17.8 Å². The van der Waals surface area contributed by atoms with Crippen LogP contribution in [-0.4, -0.2) is 41.6 Å². The number of rotatable bonds is 7. The molecule has 2 amide bonds. The van der Waals surface area contributed by atoms with Crippen molar-refractivity contribution < 1.29 is 24.2 Å². The summed E-state index contributed by atoms with van der Waals surface area (Å²) in [4.78, 5) is 35.4. The van der Waals surface area contributed by atoms with E-state index < -0.39 is 23.3 Å². The molecule has 1 aromatic carbocycles. The first-order chi connectivity index (χ1) is 11.5. The molecule has 2 rings (SSSR count). The second kappa shape index (κ2) is 7.81. The average molecular weight is 334 g/mol. The monoisotopic (exact) mass is 334 g/mol. The van der Waals surface area contributed by atoms with E-state index in [2.05, 4.69) is 10.6 Å².